The van der Waals surface area contributed by atoms with Gasteiger partial charge in [0.25, 0.3) is 5.69 Å². The van der Waals surface area contributed by atoms with E-state index in [0.29, 0.717) is 15.8 Å². The Morgan fingerprint density at radius 2 is 2.00 bits per heavy atom. The maximum Gasteiger partial charge on any atom is 0.301 e. The highest BCUT2D eigenvalue weighted by Gasteiger charge is 2.19. The summed E-state index contributed by atoms with van der Waals surface area (Å²) in [7, 11) is 0. The molecule has 0 amide bonds. The Morgan fingerprint density at radius 1 is 1.23 bits per heavy atom. The summed E-state index contributed by atoms with van der Waals surface area (Å²) in [4.78, 5) is 20.3. The molecule has 0 unspecified atom stereocenters. The molecule has 0 bridgehead atoms. The van der Waals surface area contributed by atoms with Crippen molar-refractivity contribution in [2.45, 2.75) is 0 Å². The van der Waals surface area contributed by atoms with E-state index in [4.69, 9.17) is 11.2 Å². The monoisotopic (exact) mass is 418 g/mol. The summed E-state index contributed by atoms with van der Waals surface area (Å²) in [5.41, 5.74) is 2.40. The van der Waals surface area contributed by atoms with Gasteiger partial charge in [-0.3, -0.25) is 25.7 Å². The predicted molar refractivity (Wildman–Crippen MR) is 99.4 cm³/mol. The van der Waals surface area contributed by atoms with Crippen molar-refractivity contribution in [2.24, 2.45) is 5.10 Å². The molecule has 0 saturated heterocycles. The molecule has 0 aliphatic carbocycles. The lowest BCUT2D eigenvalue weighted by molar-refractivity contribution is -0.393. The van der Waals surface area contributed by atoms with Gasteiger partial charge in [0, 0.05) is 6.07 Å². The number of terminal acetylenes is 1. The molecule has 1 N–H and O–H groups in total. The molecule has 2 aromatic carbocycles. The average Bonchev–Trinajstić information content (AvgIpc) is 2.61. The number of benzene rings is 2. The molecular weight excluding hydrogens is 408 g/mol. The molecule has 0 aliphatic rings. The zero-order chi connectivity index (χ0) is 19.1. The number of non-ortho nitro benzene ring substituents is 1. The van der Waals surface area contributed by atoms with E-state index in [1.807, 2.05) is 0 Å². The SMILES string of the molecule is C#CCOc1ccc(/C=N/Nc2ccc([N+](=O)[O-])cc2[N+](=O)[O-])cc1Br. The number of rotatable bonds is 7. The van der Waals surface area contributed by atoms with Crippen LogP contribution in [0.4, 0.5) is 17.1 Å². The number of nitro benzene ring substituents is 2. The fraction of sp³-hybridized carbons (Fsp3) is 0.0625. The fourth-order valence-electron chi connectivity index (χ4n) is 1.89. The number of anilines is 1. The number of nitrogens with one attached hydrogen (secondary N) is 1. The van der Waals surface area contributed by atoms with E-state index >= 15 is 0 Å². The van der Waals surface area contributed by atoms with Crippen LogP contribution in [0.3, 0.4) is 0 Å². The molecule has 0 spiro atoms. The minimum Gasteiger partial charge on any atom is -0.480 e. The van der Waals surface area contributed by atoms with Gasteiger partial charge in [-0.25, -0.2) is 0 Å². The molecule has 0 heterocycles. The Kier molecular flexibility index (Phi) is 6.24. The number of hydrogen-bond acceptors (Lipinski definition) is 7. The summed E-state index contributed by atoms with van der Waals surface area (Å²) in [5.74, 6) is 2.93. The molecule has 0 aliphatic heterocycles. The van der Waals surface area contributed by atoms with E-state index in [0.717, 1.165) is 12.1 Å². The molecular formula is C16H11BrN4O5. The number of hydrogen-bond donors (Lipinski definition) is 1. The Labute approximate surface area is 156 Å². The third-order valence-electron chi connectivity index (χ3n) is 3.05. The molecule has 9 nitrogen and oxygen atoms in total. The van der Waals surface area contributed by atoms with Gasteiger partial charge in [-0.15, -0.1) is 6.42 Å². The molecule has 0 aromatic heterocycles. The highest BCUT2D eigenvalue weighted by Crippen LogP contribution is 2.29. The number of ether oxygens (including phenoxy) is 1. The van der Waals surface area contributed by atoms with Crippen LogP contribution in [0, 0.1) is 32.6 Å². The minimum absolute atomic E-state index is 0.0323. The van der Waals surface area contributed by atoms with Gasteiger partial charge in [0.15, 0.2) is 0 Å². The van der Waals surface area contributed by atoms with Crippen molar-refractivity contribution in [1.29, 1.82) is 0 Å². The molecule has 0 saturated carbocycles. The van der Waals surface area contributed by atoms with Gasteiger partial charge in [0.2, 0.25) is 0 Å². The summed E-state index contributed by atoms with van der Waals surface area (Å²) in [6.07, 6.45) is 6.56. The maximum absolute atomic E-state index is 11.1. The number of nitrogens with zero attached hydrogens (tertiary/aromatic N) is 3. The second kappa shape index (κ2) is 8.59. The van der Waals surface area contributed by atoms with Crippen LogP contribution < -0.4 is 10.2 Å². The van der Waals surface area contributed by atoms with E-state index in [2.05, 4.69) is 32.4 Å². The third-order valence-corrected chi connectivity index (χ3v) is 3.67. The first-order valence-corrected chi connectivity index (χ1v) is 7.79. The normalized spacial score (nSPS) is 10.3. The minimum atomic E-state index is -0.723. The van der Waals surface area contributed by atoms with Gasteiger partial charge < -0.3 is 4.74 Å². The summed E-state index contributed by atoms with van der Waals surface area (Å²) in [6, 6.07) is 8.37. The van der Waals surface area contributed by atoms with Gasteiger partial charge in [-0.2, -0.15) is 5.10 Å². The first-order chi connectivity index (χ1) is 12.4. The van der Waals surface area contributed by atoms with Gasteiger partial charge in [-0.1, -0.05) is 5.92 Å². The van der Waals surface area contributed by atoms with Gasteiger partial charge >= 0.3 is 5.69 Å². The van der Waals surface area contributed by atoms with E-state index < -0.39 is 15.5 Å². The van der Waals surface area contributed by atoms with Gasteiger partial charge in [0.1, 0.15) is 18.0 Å². The maximum atomic E-state index is 11.1. The van der Waals surface area contributed by atoms with Crippen LogP contribution in [0.5, 0.6) is 5.75 Å². The van der Waals surface area contributed by atoms with Crippen molar-refractivity contribution in [3.63, 3.8) is 0 Å². The van der Waals surface area contributed by atoms with Gasteiger partial charge in [-0.05, 0) is 45.8 Å². The number of nitro groups is 2. The summed E-state index contributed by atoms with van der Waals surface area (Å²) < 4.78 is 5.98. The number of halogens is 1. The van der Waals surface area contributed by atoms with Crippen LogP contribution in [0.25, 0.3) is 0 Å². The highest BCUT2D eigenvalue weighted by atomic mass is 79.9. The lowest BCUT2D eigenvalue weighted by Gasteiger charge is -2.05. The van der Waals surface area contributed by atoms with Crippen LogP contribution in [-0.4, -0.2) is 22.7 Å². The average molecular weight is 419 g/mol. The molecule has 0 atom stereocenters. The van der Waals surface area contributed by atoms with Crippen molar-refractivity contribution in [3.05, 3.63) is 66.7 Å². The standard InChI is InChI=1S/C16H11BrN4O5/c1-2-7-26-16-6-3-11(8-13(16)17)10-18-19-14-5-4-12(20(22)23)9-15(14)21(24)25/h1,3-6,8-10,19H,7H2/b18-10+. The Hall–Kier alpha value is -3.45. The van der Waals surface area contributed by atoms with Crippen LogP contribution in [0.15, 0.2) is 46.0 Å². The van der Waals surface area contributed by atoms with Crippen LogP contribution in [0.2, 0.25) is 0 Å². The molecule has 0 radical (unpaired) electrons. The Bertz CT molecular complexity index is 923. The first-order valence-electron chi connectivity index (χ1n) is 7.00. The smallest absolute Gasteiger partial charge is 0.301 e. The van der Waals surface area contributed by atoms with Crippen molar-refractivity contribution in [1.82, 2.24) is 0 Å². The fourth-order valence-corrected chi connectivity index (χ4v) is 2.40. The third kappa shape index (κ3) is 4.78. The van der Waals surface area contributed by atoms with E-state index in [1.165, 1.54) is 12.3 Å². The lowest BCUT2D eigenvalue weighted by atomic mass is 10.2. The molecule has 10 heteroatoms. The topological polar surface area (TPSA) is 120 Å². The van der Waals surface area contributed by atoms with E-state index in [-0.39, 0.29) is 18.0 Å². The van der Waals surface area contributed by atoms with Gasteiger partial charge in [0.05, 0.1) is 26.6 Å². The number of hydrazone groups is 1. The second-order valence-corrected chi connectivity index (χ2v) is 5.62. The summed E-state index contributed by atoms with van der Waals surface area (Å²) >= 11 is 3.34. The van der Waals surface area contributed by atoms with Crippen molar-refractivity contribution in [2.75, 3.05) is 12.0 Å². The zero-order valence-corrected chi connectivity index (χ0v) is 14.7. The summed E-state index contributed by atoms with van der Waals surface area (Å²) in [5, 5.41) is 25.7. The highest BCUT2D eigenvalue weighted by molar-refractivity contribution is 9.10. The largest absolute Gasteiger partial charge is 0.480 e. The van der Waals surface area contributed by atoms with Crippen LogP contribution in [0.1, 0.15) is 5.56 Å². The first kappa shape index (κ1) is 18.9. The van der Waals surface area contributed by atoms with Crippen LogP contribution >= 0.6 is 15.9 Å². The van der Waals surface area contributed by atoms with E-state index in [1.54, 1.807) is 18.2 Å². The molecule has 26 heavy (non-hydrogen) atoms. The molecule has 132 valence electrons. The van der Waals surface area contributed by atoms with Crippen molar-refractivity contribution >= 4 is 39.2 Å². The lowest BCUT2D eigenvalue weighted by Crippen LogP contribution is -1.99. The zero-order valence-electron chi connectivity index (χ0n) is 13.1. The molecule has 0 fully saturated rings. The molecule has 2 rings (SSSR count). The second-order valence-electron chi connectivity index (χ2n) is 4.77. The quantitative estimate of drug-likeness (QED) is 0.316. The Morgan fingerprint density at radius 3 is 2.62 bits per heavy atom. The Balaban J connectivity index is 2.15. The van der Waals surface area contributed by atoms with E-state index in [9.17, 15) is 20.2 Å². The van der Waals surface area contributed by atoms with Crippen LogP contribution in [-0.2, 0) is 0 Å². The summed E-state index contributed by atoms with van der Waals surface area (Å²) in [6.45, 7) is 0.136. The molecule has 2 aromatic rings. The van der Waals surface area contributed by atoms with Crippen molar-refractivity contribution in [3.8, 4) is 18.1 Å². The predicted octanol–water partition coefficient (Wildman–Crippen LogP) is 3.72. The van der Waals surface area contributed by atoms with Crippen molar-refractivity contribution < 1.29 is 14.6 Å².